The fourth-order valence-corrected chi connectivity index (χ4v) is 2.86. The first-order valence-electron chi connectivity index (χ1n) is 10.3. The summed E-state index contributed by atoms with van der Waals surface area (Å²) in [6.07, 6.45) is 4.14. The van der Waals surface area contributed by atoms with Crippen LogP contribution in [-0.4, -0.2) is 36.2 Å². The van der Waals surface area contributed by atoms with Crippen molar-refractivity contribution in [3.63, 3.8) is 0 Å². The molecule has 172 valence electrons. The minimum atomic E-state index is -0.614. The number of aromatic nitrogens is 2. The summed E-state index contributed by atoms with van der Waals surface area (Å²) in [5, 5.41) is 8.72. The van der Waals surface area contributed by atoms with Crippen molar-refractivity contribution >= 4 is 34.7 Å². The van der Waals surface area contributed by atoms with E-state index in [1.54, 1.807) is 44.4 Å². The SMILES string of the molecule is C/C=C/C(=O)Nc1cccc(Nc2nc(Nc3ccc(C)c(OCCOC)c3)ncc2F)c1. The number of methoxy groups -OCH3 is 1. The molecule has 0 aliphatic carbocycles. The number of aryl methyl sites for hydroxylation is 1. The van der Waals surface area contributed by atoms with Gasteiger partial charge in [-0.25, -0.2) is 9.37 Å². The summed E-state index contributed by atoms with van der Waals surface area (Å²) in [6, 6.07) is 12.5. The molecule has 3 aromatic rings. The van der Waals surface area contributed by atoms with Crippen LogP contribution in [0.3, 0.4) is 0 Å². The lowest BCUT2D eigenvalue weighted by Crippen LogP contribution is -2.08. The quantitative estimate of drug-likeness (QED) is 0.296. The molecular formula is C24H26FN5O3. The smallest absolute Gasteiger partial charge is 0.248 e. The van der Waals surface area contributed by atoms with Crippen LogP contribution in [-0.2, 0) is 9.53 Å². The van der Waals surface area contributed by atoms with E-state index in [2.05, 4.69) is 25.9 Å². The minimum absolute atomic E-state index is 0.00638. The van der Waals surface area contributed by atoms with Crippen LogP contribution in [0.5, 0.6) is 5.75 Å². The monoisotopic (exact) mass is 451 g/mol. The molecule has 0 saturated carbocycles. The Morgan fingerprint density at radius 2 is 1.88 bits per heavy atom. The fourth-order valence-electron chi connectivity index (χ4n) is 2.86. The third-order valence-corrected chi connectivity index (χ3v) is 4.44. The second kappa shape index (κ2) is 11.6. The Balaban J connectivity index is 1.74. The normalized spacial score (nSPS) is 10.8. The molecule has 33 heavy (non-hydrogen) atoms. The van der Waals surface area contributed by atoms with Crippen LogP contribution in [0.15, 0.2) is 60.8 Å². The Morgan fingerprint density at radius 1 is 1.09 bits per heavy atom. The zero-order valence-corrected chi connectivity index (χ0v) is 18.7. The van der Waals surface area contributed by atoms with E-state index in [0.29, 0.717) is 36.0 Å². The number of hydrogen-bond acceptors (Lipinski definition) is 7. The van der Waals surface area contributed by atoms with Crippen LogP contribution in [0.25, 0.3) is 0 Å². The number of nitrogens with zero attached hydrogens (tertiary/aromatic N) is 2. The zero-order valence-electron chi connectivity index (χ0n) is 18.7. The van der Waals surface area contributed by atoms with Crippen molar-refractivity contribution in [2.75, 3.05) is 36.3 Å². The number of benzene rings is 2. The topological polar surface area (TPSA) is 97.4 Å². The number of hydrogen-bond donors (Lipinski definition) is 3. The van der Waals surface area contributed by atoms with Gasteiger partial charge in [0, 0.05) is 30.2 Å². The lowest BCUT2D eigenvalue weighted by Gasteiger charge is -2.13. The van der Waals surface area contributed by atoms with Crippen LogP contribution >= 0.6 is 0 Å². The van der Waals surface area contributed by atoms with Crippen LogP contribution in [0.2, 0.25) is 0 Å². The van der Waals surface area contributed by atoms with Crippen LogP contribution < -0.4 is 20.7 Å². The first-order valence-corrected chi connectivity index (χ1v) is 10.3. The van der Waals surface area contributed by atoms with Crippen molar-refractivity contribution in [3.8, 4) is 5.75 Å². The van der Waals surface area contributed by atoms with E-state index in [4.69, 9.17) is 9.47 Å². The summed E-state index contributed by atoms with van der Waals surface area (Å²) in [7, 11) is 1.61. The van der Waals surface area contributed by atoms with Gasteiger partial charge in [-0.05, 0) is 49.8 Å². The number of carbonyl (C=O) groups excluding carboxylic acids is 1. The molecule has 2 aromatic carbocycles. The second-order valence-electron chi connectivity index (χ2n) is 7.03. The molecule has 1 amide bonds. The molecule has 0 atom stereocenters. The molecule has 0 radical (unpaired) electrons. The van der Waals surface area contributed by atoms with E-state index in [9.17, 15) is 9.18 Å². The predicted molar refractivity (Wildman–Crippen MR) is 127 cm³/mol. The van der Waals surface area contributed by atoms with Gasteiger partial charge in [-0.2, -0.15) is 4.98 Å². The van der Waals surface area contributed by atoms with E-state index in [1.165, 1.54) is 6.08 Å². The van der Waals surface area contributed by atoms with Crippen molar-refractivity contribution in [1.29, 1.82) is 0 Å². The highest BCUT2D eigenvalue weighted by atomic mass is 19.1. The van der Waals surface area contributed by atoms with Gasteiger partial charge in [0.2, 0.25) is 11.9 Å². The number of rotatable bonds is 10. The zero-order chi connectivity index (χ0) is 23.6. The summed E-state index contributed by atoms with van der Waals surface area (Å²) in [5.41, 5.74) is 2.79. The van der Waals surface area contributed by atoms with Gasteiger partial charge in [0.25, 0.3) is 0 Å². The number of amides is 1. The van der Waals surface area contributed by atoms with Gasteiger partial charge < -0.3 is 25.4 Å². The van der Waals surface area contributed by atoms with E-state index in [1.807, 2.05) is 25.1 Å². The van der Waals surface area contributed by atoms with E-state index in [0.717, 1.165) is 11.8 Å². The molecule has 0 unspecified atom stereocenters. The molecule has 3 rings (SSSR count). The van der Waals surface area contributed by atoms with Gasteiger partial charge in [-0.3, -0.25) is 4.79 Å². The Bertz CT molecular complexity index is 1140. The molecule has 0 fully saturated rings. The lowest BCUT2D eigenvalue weighted by atomic mass is 10.2. The van der Waals surface area contributed by atoms with Crippen LogP contribution in [0.1, 0.15) is 12.5 Å². The standard InChI is InChI=1S/C24H26FN5O3/c1-4-6-22(31)27-17-7-5-8-18(13-17)28-23-20(25)15-26-24(30-23)29-19-10-9-16(2)21(14-19)33-12-11-32-3/h4-10,13-15H,11-12H2,1-3H3,(H,27,31)(H2,26,28,29,30)/b6-4+. The number of allylic oxidation sites excluding steroid dienone is 1. The molecule has 0 bridgehead atoms. The van der Waals surface area contributed by atoms with E-state index in [-0.39, 0.29) is 17.7 Å². The molecule has 0 saturated heterocycles. The number of ether oxygens (including phenoxy) is 2. The first kappa shape index (κ1) is 23.7. The van der Waals surface area contributed by atoms with Crippen LogP contribution in [0.4, 0.5) is 33.2 Å². The maximum Gasteiger partial charge on any atom is 0.248 e. The lowest BCUT2D eigenvalue weighted by molar-refractivity contribution is -0.111. The van der Waals surface area contributed by atoms with Crippen molar-refractivity contribution in [2.45, 2.75) is 13.8 Å². The van der Waals surface area contributed by atoms with Gasteiger partial charge >= 0.3 is 0 Å². The fraction of sp³-hybridized carbons (Fsp3) is 0.208. The second-order valence-corrected chi connectivity index (χ2v) is 7.03. The summed E-state index contributed by atoms with van der Waals surface area (Å²) in [5.74, 6) is 0.0416. The molecule has 1 aromatic heterocycles. The van der Waals surface area contributed by atoms with E-state index >= 15 is 0 Å². The van der Waals surface area contributed by atoms with Gasteiger partial charge in [0.1, 0.15) is 12.4 Å². The summed E-state index contributed by atoms with van der Waals surface area (Å²) >= 11 is 0. The number of nitrogens with one attached hydrogen (secondary N) is 3. The Morgan fingerprint density at radius 3 is 2.67 bits per heavy atom. The Labute approximate surface area is 191 Å². The van der Waals surface area contributed by atoms with Gasteiger partial charge in [0.05, 0.1) is 12.8 Å². The summed E-state index contributed by atoms with van der Waals surface area (Å²) < 4.78 is 25.1. The molecular weight excluding hydrogens is 425 g/mol. The Hall–Kier alpha value is -3.98. The highest BCUT2D eigenvalue weighted by molar-refractivity contribution is 5.99. The van der Waals surface area contributed by atoms with E-state index < -0.39 is 5.82 Å². The Kier molecular flexibility index (Phi) is 8.31. The highest BCUT2D eigenvalue weighted by Crippen LogP contribution is 2.26. The number of halogens is 1. The average molecular weight is 452 g/mol. The van der Waals surface area contributed by atoms with Gasteiger partial charge in [-0.1, -0.05) is 18.2 Å². The predicted octanol–water partition coefficient (Wildman–Crippen LogP) is 4.95. The van der Waals surface area contributed by atoms with Crippen molar-refractivity contribution < 1.29 is 18.7 Å². The molecule has 0 aliphatic heterocycles. The molecule has 3 N–H and O–H groups in total. The first-order chi connectivity index (χ1) is 16.0. The third kappa shape index (κ3) is 7.01. The van der Waals surface area contributed by atoms with Gasteiger partial charge in [-0.15, -0.1) is 0 Å². The number of carbonyl (C=O) groups is 1. The van der Waals surface area contributed by atoms with Gasteiger partial charge in [0.15, 0.2) is 11.6 Å². The largest absolute Gasteiger partial charge is 0.491 e. The van der Waals surface area contributed by atoms with Crippen molar-refractivity contribution in [1.82, 2.24) is 9.97 Å². The number of anilines is 5. The molecule has 0 aliphatic rings. The van der Waals surface area contributed by atoms with Crippen molar-refractivity contribution in [3.05, 3.63) is 72.2 Å². The molecule has 0 spiro atoms. The molecule has 1 heterocycles. The molecule has 8 nitrogen and oxygen atoms in total. The average Bonchev–Trinajstić information content (AvgIpc) is 2.79. The summed E-state index contributed by atoms with van der Waals surface area (Å²) in [6.45, 7) is 4.61. The molecule has 9 heteroatoms. The highest BCUT2D eigenvalue weighted by Gasteiger charge is 2.10. The summed E-state index contributed by atoms with van der Waals surface area (Å²) in [4.78, 5) is 20.0. The third-order valence-electron chi connectivity index (χ3n) is 4.44. The maximum atomic E-state index is 14.4. The maximum absolute atomic E-state index is 14.4. The van der Waals surface area contributed by atoms with Crippen LogP contribution in [0, 0.1) is 12.7 Å². The minimum Gasteiger partial charge on any atom is -0.491 e. The van der Waals surface area contributed by atoms with Crippen molar-refractivity contribution in [2.24, 2.45) is 0 Å².